The van der Waals surface area contributed by atoms with E-state index in [9.17, 15) is 4.39 Å². The predicted molar refractivity (Wildman–Crippen MR) is 151 cm³/mol. The Hall–Kier alpha value is -4.37. The molecule has 9 heteroatoms. The average molecular weight is 529 g/mol. The van der Waals surface area contributed by atoms with E-state index >= 15 is 4.39 Å². The zero-order chi connectivity index (χ0) is 26.8. The van der Waals surface area contributed by atoms with Crippen LogP contribution in [-0.2, 0) is 0 Å². The third kappa shape index (κ3) is 4.80. The largest absolute Gasteiger partial charge is 0.359 e. The van der Waals surface area contributed by atoms with Crippen molar-refractivity contribution >= 4 is 39.0 Å². The summed E-state index contributed by atoms with van der Waals surface area (Å²) in [6, 6.07) is 8.16. The fraction of sp³-hybridized carbons (Fsp3) is 0.138. The van der Waals surface area contributed by atoms with E-state index in [1.54, 1.807) is 24.4 Å². The number of hydrogen-bond donors (Lipinski definition) is 3. The number of fused-ring (bicyclic) bond motifs is 2. The van der Waals surface area contributed by atoms with E-state index in [2.05, 4.69) is 50.5 Å². The number of benzene rings is 1. The smallest absolute Gasteiger partial charge is 0.178 e. The van der Waals surface area contributed by atoms with Crippen LogP contribution in [0.4, 0.5) is 8.78 Å². The molecule has 6 nitrogen and oxygen atoms in total. The maximum atomic E-state index is 15.3. The van der Waals surface area contributed by atoms with E-state index in [-0.39, 0.29) is 10.9 Å². The first kappa shape index (κ1) is 25.3. The van der Waals surface area contributed by atoms with Crippen molar-refractivity contribution in [3.63, 3.8) is 0 Å². The molecule has 3 N–H and O–H groups in total. The lowest BCUT2D eigenvalue weighted by Gasteiger charge is -2.12. The molecule has 0 spiro atoms. The molecule has 0 fully saturated rings. The number of aromatic nitrogens is 5. The lowest BCUT2D eigenvalue weighted by Crippen LogP contribution is -2.10. The Kier molecular flexibility index (Phi) is 7.02. The second-order valence-electron chi connectivity index (χ2n) is 8.72. The number of H-pyrrole nitrogens is 2. The van der Waals surface area contributed by atoms with Gasteiger partial charge in [-0.3, -0.25) is 5.10 Å². The molecule has 0 radical (unpaired) electrons. The molecule has 1 aromatic carbocycles. The van der Waals surface area contributed by atoms with Crippen LogP contribution in [0, 0.1) is 10.9 Å². The van der Waals surface area contributed by atoms with Crippen molar-refractivity contribution in [1.29, 1.82) is 0 Å². The molecule has 5 aromatic rings. The van der Waals surface area contributed by atoms with Gasteiger partial charge in [-0.25, -0.2) is 14.4 Å². The molecule has 0 aliphatic rings. The van der Waals surface area contributed by atoms with Crippen LogP contribution in [0.15, 0.2) is 79.3 Å². The minimum atomic E-state index is -0.388. The highest BCUT2D eigenvalue weighted by Gasteiger charge is 2.19. The maximum Gasteiger partial charge on any atom is 0.178 e. The summed E-state index contributed by atoms with van der Waals surface area (Å²) < 4.78 is 29.0. The molecule has 0 amide bonds. The molecule has 4 heterocycles. The Balaban J connectivity index is 1.58. The number of allylic oxidation sites excluding steroid dienone is 5. The summed E-state index contributed by atoms with van der Waals surface area (Å²) in [6.07, 6.45) is 8.79. The number of thiophene rings is 1. The topological polar surface area (TPSA) is 82.3 Å². The molecule has 0 aliphatic heterocycles. The van der Waals surface area contributed by atoms with Crippen LogP contribution in [-0.4, -0.2) is 25.1 Å². The summed E-state index contributed by atoms with van der Waals surface area (Å²) in [5.74, 6) is 0.0868. The standard InChI is InChI=1S/C29H26F2N6S/c1-5-8-16(4)33-18(7-3)13-17(6-2)20-14-21-23(15-22(20)30)36-37-27(21)29-34-26-19(11-12-32-28(26)35-29)24-9-10-25(31)38-24/h6-7,9-15,33H,3-5,8H2,1-2H3,(H,36,37)(H,32,34,35)/b17-6+,18-13+. The Morgan fingerprint density at radius 3 is 2.76 bits per heavy atom. The van der Waals surface area contributed by atoms with Gasteiger partial charge in [-0.2, -0.15) is 9.49 Å². The Labute approximate surface area is 222 Å². The van der Waals surface area contributed by atoms with Gasteiger partial charge in [0.15, 0.2) is 16.6 Å². The molecule has 0 bridgehead atoms. The maximum absolute atomic E-state index is 15.3. The molecular weight excluding hydrogens is 502 g/mol. The van der Waals surface area contributed by atoms with Crippen LogP contribution < -0.4 is 5.32 Å². The van der Waals surface area contributed by atoms with Gasteiger partial charge >= 0.3 is 0 Å². The average Bonchev–Trinajstić information content (AvgIpc) is 3.63. The minimum absolute atomic E-state index is 0.268. The van der Waals surface area contributed by atoms with Crippen LogP contribution in [0.2, 0.25) is 0 Å². The quantitative estimate of drug-likeness (QED) is 0.170. The molecule has 0 atom stereocenters. The first-order valence-electron chi connectivity index (χ1n) is 12.2. The molecular formula is C29H26F2N6S. The lowest BCUT2D eigenvalue weighted by molar-refractivity contribution is 0.626. The van der Waals surface area contributed by atoms with Crippen LogP contribution in [0.5, 0.6) is 0 Å². The van der Waals surface area contributed by atoms with Crippen LogP contribution >= 0.6 is 11.3 Å². The highest BCUT2D eigenvalue weighted by Crippen LogP contribution is 2.35. The van der Waals surface area contributed by atoms with Crippen LogP contribution in [0.1, 0.15) is 32.3 Å². The van der Waals surface area contributed by atoms with Crippen molar-refractivity contribution in [3.05, 3.63) is 95.8 Å². The summed E-state index contributed by atoms with van der Waals surface area (Å²) >= 11 is 1.05. The SMILES string of the molecule is C=C/C(=C\C(=C/C)c1cc2c(-c3nc4nccc(-c5ccc(F)s5)c4[nH]3)n[nH]c2cc1F)NC(=C)CCC. The molecule has 4 aromatic heterocycles. The highest BCUT2D eigenvalue weighted by atomic mass is 32.1. The third-order valence-corrected chi connectivity index (χ3v) is 7.04. The van der Waals surface area contributed by atoms with E-state index in [1.165, 1.54) is 12.1 Å². The van der Waals surface area contributed by atoms with Crippen molar-refractivity contribution in [3.8, 4) is 22.0 Å². The Morgan fingerprint density at radius 1 is 1.21 bits per heavy atom. The van der Waals surface area contributed by atoms with Crippen molar-refractivity contribution < 1.29 is 8.78 Å². The molecule has 0 aliphatic carbocycles. The Morgan fingerprint density at radius 2 is 2.05 bits per heavy atom. The molecule has 0 saturated carbocycles. The van der Waals surface area contributed by atoms with Gasteiger partial charge in [-0.05, 0) is 55.3 Å². The van der Waals surface area contributed by atoms with Gasteiger partial charge < -0.3 is 10.3 Å². The van der Waals surface area contributed by atoms with Crippen LogP contribution in [0.25, 0.3) is 49.6 Å². The number of imidazole rings is 1. The third-order valence-electron chi connectivity index (χ3n) is 6.13. The summed E-state index contributed by atoms with van der Waals surface area (Å²) in [6.45, 7) is 11.9. The monoisotopic (exact) mass is 528 g/mol. The van der Waals surface area contributed by atoms with E-state index < -0.39 is 0 Å². The Bertz CT molecular complexity index is 1740. The number of nitrogens with one attached hydrogen (secondary N) is 3. The fourth-order valence-corrected chi connectivity index (χ4v) is 5.09. The summed E-state index contributed by atoms with van der Waals surface area (Å²) in [4.78, 5) is 13.1. The number of rotatable bonds is 9. The van der Waals surface area contributed by atoms with Crippen molar-refractivity contribution in [2.75, 3.05) is 0 Å². The van der Waals surface area contributed by atoms with Gasteiger partial charge in [0.2, 0.25) is 0 Å². The molecule has 0 unspecified atom stereocenters. The second-order valence-corrected chi connectivity index (χ2v) is 9.76. The number of aromatic amines is 2. The minimum Gasteiger partial charge on any atom is -0.359 e. The first-order valence-corrected chi connectivity index (χ1v) is 13.0. The summed E-state index contributed by atoms with van der Waals surface area (Å²) in [7, 11) is 0. The normalized spacial score (nSPS) is 12.4. The number of nitrogens with zero attached hydrogens (tertiary/aromatic N) is 3. The summed E-state index contributed by atoms with van der Waals surface area (Å²) in [5, 5.41) is 11.0. The summed E-state index contributed by atoms with van der Waals surface area (Å²) in [5.41, 5.74) is 5.70. The zero-order valence-corrected chi connectivity index (χ0v) is 21.8. The van der Waals surface area contributed by atoms with Crippen LogP contribution in [0.3, 0.4) is 0 Å². The molecule has 0 saturated heterocycles. The van der Waals surface area contributed by atoms with E-state index in [0.29, 0.717) is 44.7 Å². The molecule has 5 rings (SSSR count). The van der Waals surface area contributed by atoms with Gasteiger partial charge in [-0.15, -0.1) is 11.3 Å². The predicted octanol–water partition coefficient (Wildman–Crippen LogP) is 7.88. The number of hydrogen-bond acceptors (Lipinski definition) is 5. The molecule has 38 heavy (non-hydrogen) atoms. The van der Waals surface area contributed by atoms with Gasteiger partial charge in [0.05, 0.1) is 11.0 Å². The number of halogens is 2. The van der Waals surface area contributed by atoms with Crippen molar-refractivity contribution in [2.45, 2.75) is 26.7 Å². The van der Waals surface area contributed by atoms with Gasteiger partial charge in [0.1, 0.15) is 11.5 Å². The highest BCUT2D eigenvalue weighted by molar-refractivity contribution is 7.14. The van der Waals surface area contributed by atoms with E-state index in [0.717, 1.165) is 46.0 Å². The zero-order valence-electron chi connectivity index (χ0n) is 21.0. The van der Waals surface area contributed by atoms with Crippen molar-refractivity contribution in [1.82, 2.24) is 30.5 Å². The number of pyridine rings is 1. The van der Waals surface area contributed by atoms with Crippen molar-refractivity contribution in [2.24, 2.45) is 0 Å². The molecule has 192 valence electrons. The van der Waals surface area contributed by atoms with E-state index in [1.807, 2.05) is 25.1 Å². The first-order chi connectivity index (χ1) is 18.4. The van der Waals surface area contributed by atoms with E-state index in [4.69, 9.17) is 0 Å². The fourth-order valence-electron chi connectivity index (χ4n) is 4.33. The lowest BCUT2D eigenvalue weighted by atomic mass is 10.0. The van der Waals surface area contributed by atoms with Gasteiger partial charge in [0, 0.05) is 45.0 Å². The van der Waals surface area contributed by atoms with Gasteiger partial charge in [0.25, 0.3) is 0 Å². The second kappa shape index (κ2) is 10.5. The van der Waals surface area contributed by atoms with Gasteiger partial charge in [-0.1, -0.05) is 32.6 Å².